The van der Waals surface area contributed by atoms with Crippen LogP contribution in [0.3, 0.4) is 0 Å². The lowest BCUT2D eigenvalue weighted by molar-refractivity contribution is -0.0269. The molecule has 0 aromatic heterocycles. The van der Waals surface area contributed by atoms with Gasteiger partial charge in [0.1, 0.15) is 6.07 Å². The molecule has 0 aliphatic heterocycles. The molecule has 1 rings (SSSR count). The molecular formula is C30H50ClNO2. The standard InChI is InChI=1S/C30H50ClNO2/c1-3-5-6-7-8-9-10-11-12-13-14-15-16-17-18-19-22-33-26-29(4-2)34-25-27-20-21-28(24-32)30(31)23-27/h20-21,23,29H,3-19,22,25-26H2,1-2H3/t29-/m0/s1. The van der Waals surface area contributed by atoms with Gasteiger partial charge in [-0.15, -0.1) is 0 Å². The van der Waals surface area contributed by atoms with Crippen LogP contribution in [0.2, 0.25) is 5.02 Å². The van der Waals surface area contributed by atoms with Gasteiger partial charge in [0.15, 0.2) is 0 Å². The van der Waals surface area contributed by atoms with Crippen molar-refractivity contribution >= 4 is 11.6 Å². The van der Waals surface area contributed by atoms with Gasteiger partial charge < -0.3 is 9.47 Å². The van der Waals surface area contributed by atoms with Crippen LogP contribution in [0.15, 0.2) is 18.2 Å². The van der Waals surface area contributed by atoms with Crippen molar-refractivity contribution in [3.8, 4) is 6.07 Å². The molecule has 4 heteroatoms. The zero-order chi connectivity index (χ0) is 24.7. The summed E-state index contributed by atoms with van der Waals surface area (Å²) >= 11 is 6.09. The third-order valence-corrected chi connectivity index (χ3v) is 6.85. The van der Waals surface area contributed by atoms with Crippen LogP contribution in [0.4, 0.5) is 0 Å². The Hall–Kier alpha value is -1.08. The topological polar surface area (TPSA) is 42.2 Å². The highest BCUT2D eigenvalue weighted by molar-refractivity contribution is 6.31. The number of hydrogen-bond donors (Lipinski definition) is 0. The van der Waals surface area contributed by atoms with Crippen molar-refractivity contribution in [2.24, 2.45) is 0 Å². The Morgan fingerprint density at radius 1 is 0.794 bits per heavy atom. The lowest BCUT2D eigenvalue weighted by atomic mass is 10.0. The van der Waals surface area contributed by atoms with Crippen LogP contribution < -0.4 is 0 Å². The van der Waals surface area contributed by atoms with E-state index in [0.717, 1.165) is 25.0 Å². The summed E-state index contributed by atoms with van der Waals surface area (Å²) in [5.41, 5.74) is 1.49. The molecule has 1 aromatic rings. The van der Waals surface area contributed by atoms with E-state index in [4.69, 9.17) is 26.3 Å². The number of halogens is 1. The number of hydrogen-bond acceptors (Lipinski definition) is 3. The predicted molar refractivity (Wildman–Crippen MR) is 145 cm³/mol. The highest BCUT2D eigenvalue weighted by Crippen LogP contribution is 2.18. The lowest BCUT2D eigenvalue weighted by Crippen LogP contribution is -2.19. The number of rotatable bonds is 23. The van der Waals surface area contributed by atoms with Gasteiger partial charge in [-0.25, -0.2) is 0 Å². The smallest absolute Gasteiger partial charge is 0.101 e. The second kappa shape index (κ2) is 22.4. The highest BCUT2D eigenvalue weighted by Gasteiger charge is 2.08. The van der Waals surface area contributed by atoms with Crippen molar-refractivity contribution < 1.29 is 9.47 Å². The molecule has 1 aromatic carbocycles. The molecule has 0 bridgehead atoms. The van der Waals surface area contributed by atoms with Crippen LogP contribution in [0, 0.1) is 11.3 Å². The van der Waals surface area contributed by atoms with E-state index in [2.05, 4.69) is 19.9 Å². The first kappa shape index (κ1) is 31.0. The molecule has 0 N–H and O–H groups in total. The molecule has 0 aliphatic carbocycles. The maximum Gasteiger partial charge on any atom is 0.101 e. The van der Waals surface area contributed by atoms with Crippen LogP contribution in [-0.4, -0.2) is 19.3 Å². The number of nitrogens with zero attached hydrogens (tertiary/aromatic N) is 1. The minimum absolute atomic E-state index is 0.0930. The molecule has 0 aliphatic rings. The molecule has 194 valence electrons. The van der Waals surface area contributed by atoms with E-state index in [1.807, 2.05) is 12.1 Å². The van der Waals surface area contributed by atoms with Crippen molar-refractivity contribution in [3.05, 3.63) is 34.3 Å². The average molecular weight is 492 g/mol. The zero-order valence-corrected chi connectivity index (χ0v) is 22.8. The summed E-state index contributed by atoms with van der Waals surface area (Å²) in [6, 6.07) is 7.53. The van der Waals surface area contributed by atoms with Crippen LogP contribution in [-0.2, 0) is 16.1 Å². The van der Waals surface area contributed by atoms with E-state index in [1.165, 1.54) is 96.3 Å². The molecule has 0 saturated carbocycles. The van der Waals surface area contributed by atoms with E-state index < -0.39 is 0 Å². The minimum Gasteiger partial charge on any atom is -0.379 e. The van der Waals surface area contributed by atoms with E-state index in [0.29, 0.717) is 23.8 Å². The van der Waals surface area contributed by atoms with Gasteiger partial charge in [0, 0.05) is 6.61 Å². The maximum absolute atomic E-state index is 8.96. The third kappa shape index (κ3) is 16.5. The molecule has 0 heterocycles. The van der Waals surface area contributed by atoms with Gasteiger partial charge in [0.25, 0.3) is 0 Å². The average Bonchev–Trinajstić information content (AvgIpc) is 2.85. The Morgan fingerprint density at radius 3 is 1.79 bits per heavy atom. The van der Waals surface area contributed by atoms with Crippen molar-refractivity contribution in [1.82, 2.24) is 0 Å². The summed E-state index contributed by atoms with van der Waals surface area (Å²) in [7, 11) is 0. The Morgan fingerprint density at radius 2 is 1.32 bits per heavy atom. The van der Waals surface area contributed by atoms with E-state index in [-0.39, 0.29) is 6.10 Å². The van der Waals surface area contributed by atoms with E-state index in [9.17, 15) is 0 Å². The normalized spacial score (nSPS) is 12.1. The first-order valence-electron chi connectivity index (χ1n) is 14.1. The third-order valence-electron chi connectivity index (χ3n) is 6.54. The number of nitriles is 1. The van der Waals surface area contributed by atoms with Crippen LogP contribution in [0.25, 0.3) is 0 Å². The SMILES string of the molecule is CCCCCCCCCCCCCCCCCCOC[C@H](CC)OCc1ccc(C#N)c(Cl)c1. The summed E-state index contributed by atoms with van der Waals surface area (Å²) in [5, 5.41) is 9.45. The van der Waals surface area contributed by atoms with Gasteiger partial charge in [-0.2, -0.15) is 5.26 Å². The largest absolute Gasteiger partial charge is 0.379 e. The maximum atomic E-state index is 8.96. The fraction of sp³-hybridized carbons (Fsp3) is 0.767. The van der Waals surface area contributed by atoms with E-state index >= 15 is 0 Å². The van der Waals surface area contributed by atoms with Gasteiger partial charge >= 0.3 is 0 Å². The van der Waals surface area contributed by atoms with E-state index in [1.54, 1.807) is 6.07 Å². The zero-order valence-electron chi connectivity index (χ0n) is 22.1. The molecule has 34 heavy (non-hydrogen) atoms. The summed E-state index contributed by atoms with van der Waals surface area (Å²) in [5.74, 6) is 0. The van der Waals surface area contributed by atoms with Crippen molar-refractivity contribution in [2.45, 2.75) is 136 Å². The first-order valence-corrected chi connectivity index (χ1v) is 14.5. The Kier molecular flexibility index (Phi) is 20.4. The van der Waals surface area contributed by atoms with Gasteiger partial charge in [-0.3, -0.25) is 0 Å². The fourth-order valence-electron chi connectivity index (χ4n) is 4.20. The van der Waals surface area contributed by atoms with Crippen LogP contribution >= 0.6 is 11.6 Å². The van der Waals surface area contributed by atoms with Crippen molar-refractivity contribution in [1.29, 1.82) is 5.26 Å². The van der Waals surface area contributed by atoms with Crippen molar-refractivity contribution in [3.63, 3.8) is 0 Å². The molecular weight excluding hydrogens is 442 g/mol. The number of benzene rings is 1. The second-order valence-electron chi connectivity index (χ2n) is 9.65. The monoisotopic (exact) mass is 491 g/mol. The molecule has 0 radical (unpaired) electrons. The Balaban J connectivity index is 1.88. The molecule has 3 nitrogen and oxygen atoms in total. The van der Waals surface area contributed by atoms with Gasteiger partial charge in [0.05, 0.1) is 29.9 Å². The summed E-state index contributed by atoms with van der Waals surface area (Å²) in [4.78, 5) is 0. The number of unbranched alkanes of at least 4 members (excludes halogenated alkanes) is 15. The molecule has 0 unspecified atom stereocenters. The van der Waals surface area contributed by atoms with Gasteiger partial charge in [-0.05, 0) is 30.5 Å². The lowest BCUT2D eigenvalue weighted by Gasteiger charge is -2.16. The summed E-state index contributed by atoms with van der Waals surface area (Å²) in [6.45, 7) is 6.36. The quantitative estimate of drug-likeness (QED) is 0.143. The molecule has 0 fully saturated rings. The van der Waals surface area contributed by atoms with Crippen molar-refractivity contribution in [2.75, 3.05) is 13.2 Å². The summed E-state index contributed by atoms with van der Waals surface area (Å²) in [6.07, 6.45) is 23.2. The Bertz CT molecular complexity index is 643. The first-order chi connectivity index (χ1) is 16.7. The molecule has 1 atom stereocenters. The van der Waals surface area contributed by atoms with Crippen LogP contribution in [0.5, 0.6) is 0 Å². The molecule has 0 spiro atoms. The van der Waals surface area contributed by atoms with Gasteiger partial charge in [0.2, 0.25) is 0 Å². The number of ether oxygens (including phenoxy) is 2. The fourth-order valence-corrected chi connectivity index (χ4v) is 4.45. The van der Waals surface area contributed by atoms with Gasteiger partial charge in [-0.1, -0.05) is 128 Å². The Labute approximate surface area is 215 Å². The molecule has 0 amide bonds. The predicted octanol–water partition coefficient (Wildman–Crippen LogP) is 9.78. The minimum atomic E-state index is 0.0930. The second-order valence-corrected chi connectivity index (χ2v) is 10.1. The summed E-state index contributed by atoms with van der Waals surface area (Å²) < 4.78 is 11.8. The highest BCUT2D eigenvalue weighted by atomic mass is 35.5. The van der Waals surface area contributed by atoms with Crippen LogP contribution in [0.1, 0.15) is 134 Å². The molecule has 0 saturated heterocycles.